The third-order valence-electron chi connectivity index (χ3n) is 3.19. The third kappa shape index (κ3) is 2.32. The van der Waals surface area contributed by atoms with Gasteiger partial charge in [0.15, 0.2) is 0 Å². The van der Waals surface area contributed by atoms with Crippen LogP contribution in [0, 0.1) is 0 Å². The molecule has 1 aliphatic rings. The average Bonchev–Trinajstić information content (AvgIpc) is 2.17. The summed E-state index contributed by atoms with van der Waals surface area (Å²) < 4.78 is 5.50. The van der Waals surface area contributed by atoms with Gasteiger partial charge in [0, 0.05) is 6.04 Å². The molecule has 0 saturated heterocycles. The zero-order chi connectivity index (χ0) is 10.7. The van der Waals surface area contributed by atoms with E-state index in [1.165, 1.54) is 18.4 Å². The van der Waals surface area contributed by atoms with Crippen molar-refractivity contribution in [2.45, 2.75) is 31.7 Å². The van der Waals surface area contributed by atoms with Crippen LogP contribution in [0.2, 0.25) is 0 Å². The lowest BCUT2D eigenvalue weighted by Crippen LogP contribution is -2.37. The van der Waals surface area contributed by atoms with Gasteiger partial charge in [-0.1, -0.05) is 12.1 Å². The fourth-order valence-corrected chi connectivity index (χ4v) is 2.15. The molecule has 2 nitrogen and oxygen atoms in total. The second-order valence-corrected chi connectivity index (χ2v) is 4.16. The first-order chi connectivity index (χ1) is 7.33. The first-order valence-electron chi connectivity index (χ1n) is 5.73. The van der Waals surface area contributed by atoms with Crippen LogP contribution in [0.5, 0.6) is 5.75 Å². The number of hydrogen-bond acceptors (Lipinski definition) is 2. The van der Waals surface area contributed by atoms with Gasteiger partial charge < -0.3 is 10.1 Å². The van der Waals surface area contributed by atoms with Crippen LogP contribution in [0.15, 0.2) is 24.3 Å². The van der Waals surface area contributed by atoms with Crippen LogP contribution < -0.4 is 10.1 Å². The lowest BCUT2D eigenvalue weighted by Gasteiger charge is -2.35. The Bertz CT molecular complexity index is 318. The van der Waals surface area contributed by atoms with Gasteiger partial charge in [0.2, 0.25) is 0 Å². The van der Waals surface area contributed by atoms with E-state index in [0.29, 0.717) is 6.04 Å². The molecule has 1 saturated carbocycles. The number of benzene rings is 1. The van der Waals surface area contributed by atoms with Gasteiger partial charge in [-0.15, -0.1) is 0 Å². The summed E-state index contributed by atoms with van der Waals surface area (Å²) in [5.41, 5.74) is 1.42. The Morgan fingerprint density at radius 2 is 2.20 bits per heavy atom. The monoisotopic (exact) mass is 205 g/mol. The minimum Gasteiger partial charge on any atom is -0.494 e. The van der Waals surface area contributed by atoms with Crippen molar-refractivity contribution < 1.29 is 4.74 Å². The highest BCUT2D eigenvalue weighted by molar-refractivity contribution is 5.32. The molecule has 1 aromatic carbocycles. The van der Waals surface area contributed by atoms with E-state index in [2.05, 4.69) is 23.5 Å². The molecule has 0 amide bonds. The molecule has 0 unspecified atom stereocenters. The molecular weight excluding hydrogens is 186 g/mol. The van der Waals surface area contributed by atoms with Crippen molar-refractivity contribution >= 4 is 0 Å². The van der Waals surface area contributed by atoms with Crippen molar-refractivity contribution in [1.82, 2.24) is 5.32 Å². The Hall–Kier alpha value is -1.02. The van der Waals surface area contributed by atoms with E-state index in [1.54, 1.807) is 0 Å². The average molecular weight is 205 g/mol. The maximum Gasteiger partial charge on any atom is 0.119 e. The fourth-order valence-electron chi connectivity index (χ4n) is 2.15. The maximum atomic E-state index is 5.50. The van der Waals surface area contributed by atoms with E-state index in [1.807, 2.05) is 20.0 Å². The molecule has 0 heterocycles. The van der Waals surface area contributed by atoms with Crippen molar-refractivity contribution in [2.24, 2.45) is 0 Å². The van der Waals surface area contributed by atoms with E-state index in [0.717, 1.165) is 18.3 Å². The molecule has 0 spiro atoms. The summed E-state index contributed by atoms with van der Waals surface area (Å²) in [4.78, 5) is 0. The standard InChI is InChI=1S/C13H19NO/c1-3-15-13-6-4-5-10(9-13)11-7-12(8-11)14-2/h4-6,9,11-12,14H,3,7-8H2,1-2H3. The van der Waals surface area contributed by atoms with Crippen LogP contribution in [0.1, 0.15) is 31.2 Å². The third-order valence-corrected chi connectivity index (χ3v) is 3.19. The normalized spacial score (nSPS) is 24.7. The Morgan fingerprint density at radius 3 is 2.87 bits per heavy atom. The predicted octanol–water partition coefficient (Wildman–Crippen LogP) is 2.55. The number of ether oxygens (including phenoxy) is 1. The van der Waals surface area contributed by atoms with Gasteiger partial charge in [-0.05, 0) is 50.4 Å². The van der Waals surface area contributed by atoms with E-state index in [4.69, 9.17) is 4.74 Å². The lowest BCUT2D eigenvalue weighted by atomic mass is 9.76. The van der Waals surface area contributed by atoms with Gasteiger partial charge in [0.1, 0.15) is 5.75 Å². The largest absolute Gasteiger partial charge is 0.494 e. The summed E-state index contributed by atoms with van der Waals surface area (Å²) in [5.74, 6) is 1.73. The number of rotatable bonds is 4. The van der Waals surface area contributed by atoms with Crippen LogP contribution >= 0.6 is 0 Å². The topological polar surface area (TPSA) is 21.3 Å². The maximum absolute atomic E-state index is 5.50. The summed E-state index contributed by atoms with van der Waals surface area (Å²) in [6.07, 6.45) is 2.51. The van der Waals surface area contributed by atoms with Crippen molar-refractivity contribution in [3.05, 3.63) is 29.8 Å². The summed E-state index contributed by atoms with van der Waals surface area (Å²) in [5, 5.41) is 3.31. The molecule has 82 valence electrons. The minimum absolute atomic E-state index is 0.714. The SMILES string of the molecule is CCOc1cccc(C2CC(NC)C2)c1. The van der Waals surface area contributed by atoms with Crippen molar-refractivity contribution in [1.29, 1.82) is 0 Å². The second kappa shape index (κ2) is 4.67. The van der Waals surface area contributed by atoms with Crippen LogP contribution in [-0.4, -0.2) is 19.7 Å². The molecule has 0 bridgehead atoms. The molecule has 15 heavy (non-hydrogen) atoms. The second-order valence-electron chi connectivity index (χ2n) is 4.16. The molecule has 1 aromatic rings. The molecule has 1 fully saturated rings. The van der Waals surface area contributed by atoms with Gasteiger partial charge in [0.05, 0.1) is 6.61 Å². The van der Waals surface area contributed by atoms with Crippen molar-refractivity contribution in [3.8, 4) is 5.75 Å². The van der Waals surface area contributed by atoms with Gasteiger partial charge in [0.25, 0.3) is 0 Å². The smallest absolute Gasteiger partial charge is 0.119 e. The molecular formula is C13H19NO. The first-order valence-corrected chi connectivity index (χ1v) is 5.73. The van der Waals surface area contributed by atoms with Gasteiger partial charge in [-0.3, -0.25) is 0 Å². The van der Waals surface area contributed by atoms with Gasteiger partial charge in [-0.25, -0.2) is 0 Å². The molecule has 0 aromatic heterocycles. The van der Waals surface area contributed by atoms with Crippen LogP contribution in [0.3, 0.4) is 0 Å². The van der Waals surface area contributed by atoms with Crippen LogP contribution in [-0.2, 0) is 0 Å². The number of hydrogen-bond donors (Lipinski definition) is 1. The highest BCUT2D eigenvalue weighted by Gasteiger charge is 2.28. The molecule has 1 N–H and O–H groups in total. The first kappa shape index (κ1) is 10.5. The Kier molecular flexibility index (Phi) is 3.27. The molecule has 0 radical (unpaired) electrons. The molecule has 2 heteroatoms. The number of nitrogens with one attached hydrogen (secondary N) is 1. The van der Waals surface area contributed by atoms with Crippen LogP contribution in [0.4, 0.5) is 0 Å². The van der Waals surface area contributed by atoms with Crippen molar-refractivity contribution in [3.63, 3.8) is 0 Å². The zero-order valence-corrected chi connectivity index (χ0v) is 9.49. The van der Waals surface area contributed by atoms with Crippen molar-refractivity contribution in [2.75, 3.05) is 13.7 Å². The Morgan fingerprint density at radius 1 is 1.40 bits per heavy atom. The van der Waals surface area contributed by atoms with E-state index in [-0.39, 0.29) is 0 Å². The summed E-state index contributed by atoms with van der Waals surface area (Å²) >= 11 is 0. The summed E-state index contributed by atoms with van der Waals surface area (Å²) in [7, 11) is 2.04. The zero-order valence-electron chi connectivity index (χ0n) is 9.49. The fraction of sp³-hybridized carbons (Fsp3) is 0.538. The predicted molar refractivity (Wildman–Crippen MR) is 62.4 cm³/mol. The molecule has 0 atom stereocenters. The van der Waals surface area contributed by atoms with Crippen LogP contribution in [0.25, 0.3) is 0 Å². The highest BCUT2D eigenvalue weighted by Crippen LogP contribution is 2.37. The highest BCUT2D eigenvalue weighted by atomic mass is 16.5. The van der Waals surface area contributed by atoms with E-state index < -0.39 is 0 Å². The summed E-state index contributed by atoms with van der Waals surface area (Å²) in [6, 6.07) is 9.22. The molecule has 2 rings (SSSR count). The Balaban J connectivity index is 2.00. The van der Waals surface area contributed by atoms with Gasteiger partial charge >= 0.3 is 0 Å². The summed E-state index contributed by atoms with van der Waals surface area (Å²) in [6.45, 7) is 2.76. The quantitative estimate of drug-likeness (QED) is 0.815. The van der Waals surface area contributed by atoms with E-state index >= 15 is 0 Å². The molecule has 1 aliphatic carbocycles. The van der Waals surface area contributed by atoms with E-state index in [9.17, 15) is 0 Å². The minimum atomic E-state index is 0.714. The Labute approximate surface area is 91.6 Å². The van der Waals surface area contributed by atoms with Gasteiger partial charge in [-0.2, -0.15) is 0 Å². The molecule has 0 aliphatic heterocycles. The lowest BCUT2D eigenvalue weighted by molar-refractivity contribution is 0.304.